The molecule has 2 unspecified atom stereocenters. The first-order valence-electron chi connectivity index (χ1n) is 7.04. The normalized spacial score (nSPS) is 21.2. The third-order valence-electron chi connectivity index (χ3n) is 4.26. The standard InChI is InChI=1S/C15H19F4NO/c1-10(12-4-2-3-5-13(12)16)20-8-6-11(7-9-20)14(21)15(17,18)19/h2-5,10-11,14,21H,6-9H2,1H3. The molecule has 6 heteroatoms. The van der Waals surface area contributed by atoms with Gasteiger partial charge in [0.25, 0.3) is 0 Å². The van der Waals surface area contributed by atoms with E-state index in [1.165, 1.54) is 6.07 Å². The lowest BCUT2D eigenvalue weighted by molar-refractivity contribution is -0.223. The number of hydrogen-bond acceptors (Lipinski definition) is 2. The second-order valence-corrected chi connectivity index (χ2v) is 5.56. The first-order valence-corrected chi connectivity index (χ1v) is 7.04. The van der Waals surface area contributed by atoms with Crippen LogP contribution in [0, 0.1) is 11.7 Å². The molecule has 0 aromatic heterocycles. The smallest absolute Gasteiger partial charge is 0.383 e. The van der Waals surface area contributed by atoms with Gasteiger partial charge in [0.1, 0.15) is 5.82 Å². The number of piperidine rings is 1. The molecular formula is C15H19F4NO. The topological polar surface area (TPSA) is 23.5 Å². The number of benzene rings is 1. The highest BCUT2D eigenvalue weighted by atomic mass is 19.4. The Labute approximate surface area is 121 Å². The minimum absolute atomic E-state index is 0.185. The van der Waals surface area contributed by atoms with Gasteiger partial charge in [-0.15, -0.1) is 0 Å². The molecule has 1 saturated heterocycles. The lowest BCUT2D eigenvalue weighted by atomic mass is 9.89. The summed E-state index contributed by atoms with van der Waals surface area (Å²) < 4.78 is 51.2. The van der Waals surface area contributed by atoms with Crippen molar-refractivity contribution in [3.8, 4) is 0 Å². The Hall–Kier alpha value is -1.14. The summed E-state index contributed by atoms with van der Waals surface area (Å²) in [6, 6.07) is 6.24. The molecule has 1 aliphatic rings. The quantitative estimate of drug-likeness (QED) is 0.864. The van der Waals surface area contributed by atoms with Crippen molar-refractivity contribution in [3.63, 3.8) is 0 Å². The fourth-order valence-corrected chi connectivity index (χ4v) is 2.90. The number of likely N-dealkylation sites (tertiary alicyclic amines) is 1. The van der Waals surface area contributed by atoms with E-state index in [1.54, 1.807) is 18.2 Å². The Morgan fingerprint density at radius 3 is 2.29 bits per heavy atom. The zero-order chi connectivity index (χ0) is 15.6. The highest BCUT2D eigenvalue weighted by Crippen LogP contribution is 2.34. The number of hydrogen-bond donors (Lipinski definition) is 1. The molecule has 0 aliphatic carbocycles. The van der Waals surface area contributed by atoms with Gasteiger partial charge in [-0.05, 0) is 44.8 Å². The molecule has 2 nitrogen and oxygen atoms in total. The second kappa shape index (κ2) is 6.32. The average molecular weight is 305 g/mol. The third kappa shape index (κ3) is 3.74. The SMILES string of the molecule is CC(c1ccccc1F)N1CCC(C(O)C(F)(F)F)CC1. The van der Waals surface area contributed by atoms with Crippen LogP contribution in [-0.4, -0.2) is 35.4 Å². The van der Waals surface area contributed by atoms with Crippen molar-refractivity contribution < 1.29 is 22.7 Å². The summed E-state index contributed by atoms with van der Waals surface area (Å²) in [7, 11) is 0. The Kier molecular flexibility index (Phi) is 4.88. The van der Waals surface area contributed by atoms with Crippen molar-refractivity contribution in [1.82, 2.24) is 4.90 Å². The van der Waals surface area contributed by atoms with E-state index in [9.17, 15) is 22.7 Å². The summed E-state index contributed by atoms with van der Waals surface area (Å²) in [4.78, 5) is 1.96. The van der Waals surface area contributed by atoms with Crippen LogP contribution >= 0.6 is 0 Å². The monoisotopic (exact) mass is 305 g/mol. The summed E-state index contributed by atoms with van der Waals surface area (Å²) in [6.45, 7) is 2.69. The van der Waals surface area contributed by atoms with E-state index in [1.807, 2.05) is 11.8 Å². The van der Waals surface area contributed by atoms with Crippen molar-refractivity contribution in [2.24, 2.45) is 5.92 Å². The lowest BCUT2D eigenvalue weighted by Gasteiger charge is -2.38. The van der Waals surface area contributed by atoms with Crippen LogP contribution in [0.1, 0.15) is 31.4 Å². The highest BCUT2D eigenvalue weighted by molar-refractivity contribution is 5.20. The molecule has 0 saturated carbocycles. The molecule has 118 valence electrons. The van der Waals surface area contributed by atoms with Crippen molar-refractivity contribution in [1.29, 1.82) is 0 Å². The van der Waals surface area contributed by atoms with E-state index in [0.717, 1.165) is 0 Å². The van der Waals surface area contributed by atoms with Gasteiger partial charge in [0.05, 0.1) is 0 Å². The van der Waals surface area contributed by atoms with Gasteiger partial charge in [-0.2, -0.15) is 13.2 Å². The van der Waals surface area contributed by atoms with Crippen LogP contribution in [0.5, 0.6) is 0 Å². The largest absolute Gasteiger partial charge is 0.414 e. The number of aliphatic hydroxyl groups is 1. The van der Waals surface area contributed by atoms with Crippen molar-refractivity contribution >= 4 is 0 Å². The lowest BCUT2D eigenvalue weighted by Crippen LogP contribution is -2.44. The number of rotatable bonds is 3. The molecule has 1 aromatic carbocycles. The highest BCUT2D eigenvalue weighted by Gasteiger charge is 2.44. The molecule has 1 aromatic rings. The molecular weight excluding hydrogens is 286 g/mol. The van der Waals surface area contributed by atoms with E-state index in [0.29, 0.717) is 18.7 Å². The first-order chi connectivity index (χ1) is 9.80. The van der Waals surface area contributed by atoms with Crippen LogP contribution in [0.2, 0.25) is 0 Å². The van der Waals surface area contributed by atoms with Gasteiger partial charge in [-0.3, -0.25) is 4.90 Å². The molecule has 1 heterocycles. The maximum atomic E-state index is 13.7. The first kappa shape index (κ1) is 16.2. The number of aliphatic hydroxyl groups excluding tert-OH is 1. The summed E-state index contributed by atoms with van der Waals surface area (Å²) in [5.74, 6) is -1.07. The molecule has 1 N–H and O–H groups in total. The molecule has 2 atom stereocenters. The summed E-state index contributed by atoms with van der Waals surface area (Å²) in [5.41, 5.74) is 0.548. The number of halogens is 4. The molecule has 21 heavy (non-hydrogen) atoms. The average Bonchev–Trinajstić information content (AvgIpc) is 2.45. The molecule has 0 spiro atoms. The van der Waals surface area contributed by atoms with Gasteiger partial charge in [0, 0.05) is 11.6 Å². The van der Waals surface area contributed by atoms with Gasteiger partial charge in [-0.1, -0.05) is 18.2 Å². The Balaban J connectivity index is 1.97. The van der Waals surface area contributed by atoms with E-state index in [4.69, 9.17) is 0 Å². The molecule has 2 rings (SSSR count). The third-order valence-corrected chi connectivity index (χ3v) is 4.26. The fraction of sp³-hybridized carbons (Fsp3) is 0.600. The summed E-state index contributed by atoms with van der Waals surface area (Å²) in [6.07, 6.45) is -6.30. The van der Waals surface area contributed by atoms with Gasteiger partial charge >= 0.3 is 6.18 Å². The molecule has 0 bridgehead atoms. The predicted octanol–water partition coefficient (Wildman–Crippen LogP) is 3.52. The van der Waals surface area contributed by atoms with Crippen LogP contribution in [0.25, 0.3) is 0 Å². The van der Waals surface area contributed by atoms with E-state index < -0.39 is 18.2 Å². The molecule has 1 fully saturated rings. The zero-order valence-corrected chi connectivity index (χ0v) is 11.8. The maximum absolute atomic E-state index is 13.7. The molecule has 0 amide bonds. The van der Waals surface area contributed by atoms with Crippen molar-refractivity contribution in [3.05, 3.63) is 35.6 Å². The Morgan fingerprint density at radius 1 is 1.19 bits per heavy atom. The van der Waals surface area contributed by atoms with Gasteiger partial charge in [0.15, 0.2) is 6.10 Å². The summed E-state index contributed by atoms with van der Waals surface area (Å²) in [5, 5.41) is 9.29. The van der Waals surface area contributed by atoms with Crippen molar-refractivity contribution in [2.45, 2.75) is 38.1 Å². The number of nitrogens with zero attached hydrogens (tertiary/aromatic N) is 1. The molecule has 0 radical (unpaired) electrons. The van der Waals surface area contributed by atoms with Gasteiger partial charge < -0.3 is 5.11 Å². The fourth-order valence-electron chi connectivity index (χ4n) is 2.90. The van der Waals surface area contributed by atoms with Crippen LogP contribution in [-0.2, 0) is 0 Å². The van der Waals surface area contributed by atoms with Crippen LogP contribution in [0.3, 0.4) is 0 Å². The van der Waals surface area contributed by atoms with Crippen LogP contribution < -0.4 is 0 Å². The van der Waals surface area contributed by atoms with Crippen molar-refractivity contribution in [2.75, 3.05) is 13.1 Å². The van der Waals surface area contributed by atoms with Crippen LogP contribution in [0.15, 0.2) is 24.3 Å². The van der Waals surface area contributed by atoms with E-state index in [-0.39, 0.29) is 24.7 Å². The Morgan fingerprint density at radius 2 is 1.76 bits per heavy atom. The summed E-state index contributed by atoms with van der Waals surface area (Å²) >= 11 is 0. The van der Waals surface area contributed by atoms with Gasteiger partial charge in [0.2, 0.25) is 0 Å². The minimum atomic E-state index is -4.57. The Bertz CT molecular complexity index is 469. The van der Waals surface area contributed by atoms with Gasteiger partial charge in [-0.25, -0.2) is 4.39 Å². The maximum Gasteiger partial charge on any atom is 0.414 e. The predicted molar refractivity (Wildman–Crippen MR) is 71.2 cm³/mol. The van der Waals surface area contributed by atoms with E-state index in [2.05, 4.69) is 0 Å². The second-order valence-electron chi connectivity index (χ2n) is 5.56. The minimum Gasteiger partial charge on any atom is -0.383 e. The van der Waals surface area contributed by atoms with E-state index >= 15 is 0 Å². The molecule has 1 aliphatic heterocycles. The zero-order valence-electron chi connectivity index (χ0n) is 11.8. The number of alkyl halides is 3. The van der Waals surface area contributed by atoms with Crippen LogP contribution in [0.4, 0.5) is 17.6 Å².